The summed E-state index contributed by atoms with van der Waals surface area (Å²) in [5, 5.41) is 18.3. The highest BCUT2D eigenvalue weighted by molar-refractivity contribution is 7.25. The van der Waals surface area contributed by atoms with Gasteiger partial charge in [0, 0.05) is 137 Å². The Kier molecular flexibility index (Phi) is 17.0. The molecule has 0 bridgehead atoms. The van der Waals surface area contributed by atoms with Gasteiger partial charge in [-0.15, -0.1) is 11.3 Å². The zero-order chi connectivity index (χ0) is 82.9. The van der Waals surface area contributed by atoms with Crippen LogP contribution in [-0.4, -0.2) is 42.8 Å². The maximum atomic E-state index is 4.86. The van der Waals surface area contributed by atoms with Crippen molar-refractivity contribution >= 4 is 173 Å². The van der Waals surface area contributed by atoms with Crippen LogP contribution >= 0.6 is 11.3 Å². The van der Waals surface area contributed by atoms with Crippen molar-refractivity contribution in [3.05, 3.63) is 443 Å². The number of fused-ring (bicyclic) bond motifs is 24. The third-order valence-corrected chi connectivity index (χ3v) is 26.5. The van der Waals surface area contributed by atoms with Gasteiger partial charge in [-0.2, -0.15) is 0 Å². The van der Waals surface area contributed by atoms with Crippen molar-refractivity contribution in [2.75, 3.05) is 0 Å². The fraction of sp³-hybridized carbons (Fsp3) is 0. The van der Waals surface area contributed by atoms with Gasteiger partial charge in [-0.25, -0.2) is 0 Å². The van der Waals surface area contributed by atoms with E-state index in [2.05, 4.69) is 440 Å². The molecule has 27 aromatic rings. The molecule has 0 N–H and O–H groups in total. The van der Waals surface area contributed by atoms with Gasteiger partial charge >= 0.3 is 0 Å². The molecule has 0 saturated carbocycles. The monoisotopic (exact) mass is 1620 g/mol. The Balaban J connectivity index is 0.000000103. The number of rotatable bonds is 9. The van der Waals surface area contributed by atoms with Crippen LogP contribution < -0.4 is 0 Å². The van der Waals surface area contributed by atoms with Crippen molar-refractivity contribution in [1.29, 1.82) is 0 Å². The zero-order valence-corrected chi connectivity index (χ0v) is 68.9. The molecule has 0 amide bonds. The van der Waals surface area contributed by atoms with E-state index in [-0.39, 0.29) is 0 Å². The highest BCUT2D eigenvalue weighted by Gasteiger charge is 2.24. The second-order valence-corrected chi connectivity index (χ2v) is 33.5. The van der Waals surface area contributed by atoms with Crippen LogP contribution in [0.5, 0.6) is 0 Å². The molecule has 0 aliphatic rings. The Morgan fingerprint density at radius 3 is 1.06 bits per heavy atom. The maximum Gasteiger partial charge on any atom is 0.0730 e. The lowest BCUT2D eigenvalue weighted by molar-refractivity contribution is 1.17. The van der Waals surface area contributed by atoms with Crippen molar-refractivity contribution in [3.8, 4) is 72.9 Å². The van der Waals surface area contributed by atoms with Gasteiger partial charge in [0.2, 0.25) is 0 Å². The van der Waals surface area contributed by atoms with E-state index in [1.54, 1.807) is 0 Å². The Bertz CT molecular complexity index is 8680. The summed E-state index contributed by atoms with van der Waals surface area (Å²) < 4.78 is 14.5. The lowest BCUT2D eigenvalue weighted by atomic mass is 9.97. The van der Waals surface area contributed by atoms with Gasteiger partial charge in [-0.1, -0.05) is 249 Å². The van der Waals surface area contributed by atoms with Gasteiger partial charge < -0.3 is 22.8 Å². The van der Waals surface area contributed by atoms with Crippen LogP contribution in [0.3, 0.4) is 0 Å². The Hall–Kier alpha value is -16.7. The van der Waals surface area contributed by atoms with Crippen molar-refractivity contribution in [3.63, 3.8) is 0 Å². The van der Waals surface area contributed by atoms with Gasteiger partial charge in [0.25, 0.3) is 0 Å². The number of nitrogens with zero attached hydrogens (tertiary/aromatic N) is 9. The van der Waals surface area contributed by atoms with E-state index in [0.29, 0.717) is 0 Å². The van der Waals surface area contributed by atoms with Crippen molar-refractivity contribution in [2.24, 2.45) is 0 Å². The molecule has 10 aromatic heterocycles. The van der Waals surface area contributed by atoms with E-state index in [1.165, 1.54) is 163 Å². The quantitative estimate of drug-likeness (QED) is 0.144. The minimum atomic E-state index is 0.999. The van der Waals surface area contributed by atoms with Crippen LogP contribution in [0.25, 0.3) is 235 Å². The lowest BCUT2D eigenvalue weighted by Crippen LogP contribution is -1.94. The van der Waals surface area contributed by atoms with E-state index in [9.17, 15) is 0 Å². The van der Waals surface area contributed by atoms with Crippen LogP contribution in [0.1, 0.15) is 0 Å². The van der Waals surface area contributed by atoms with E-state index in [0.717, 1.165) is 71.9 Å². The second kappa shape index (κ2) is 29.6. The first-order valence-corrected chi connectivity index (χ1v) is 43.5. The molecule has 0 atom stereocenters. The van der Waals surface area contributed by atoms with Crippen LogP contribution in [-0.2, 0) is 0 Å². The lowest BCUT2D eigenvalue weighted by Gasteiger charge is -2.10. The maximum absolute atomic E-state index is 4.86. The zero-order valence-electron chi connectivity index (χ0n) is 68.1. The molecule has 10 heterocycles. The molecule has 0 spiro atoms. The van der Waals surface area contributed by atoms with Crippen molar-refractivity contribution in [2.45, 2.75) is 0 Å². The smallest absolute Gasteiger partial charge is 0.0730 e. The molecular formula is C116H73N9S. The normalized spacial score (nSPS) is 11.8. The molecule has 126 heavy (non-hydrogen) atoms. The first-order valence-electron chi connectivity index (χ1n) is 42.7. The van der Waals surface area contributed by atoms with Crippen LogP contribution in [0.15, 0.2) is 443 Å². The minimum Gasteiger partial charge on any atom is -0.309 e. The number of benzene rings is 17. The Labute approximate surface area is 727 Å². The molecule has 0 radical (unpaired) electrons. The molecule has 27 rings (SSSR count). The predicted octanol–water partition coefficient (Wildman–Crippen LogP) is 30.6. The summed E-state index contributed by atoms with van der Waals surface area (Å²) in [6, 6.07) is 148. The molecule has 0 fully saturated rings. The van der Waals surface area contributed by atoms with E-state index in [4.69, 9.17) is 15.0 Å². The fourth-order valence-electron chi connectivity index (χ4n) is 19.7. The predicted molar refractivity (Wildman–Crippen MR) is 529 cm³/mol. The first kappa shape index (κ1) is 72.2. The molecule has 0 unspecified atom stereocenters. The molecule has 10 heteroatoms. The summed E-state index contributed by atoms with van der Waals surface area (Å²) in [5.41, 5.74) is 30.1. The van der Waals surface area contributed by atoms with Gasteiger partial charge in [0.1, 0.15) is 0 Å². The average Bonchev–Trinajstić information content (AvgIpc) is 1.58. The van der Waals surface area contributed by atoms with Crippen LogP contribution in [0.2, 0.25) is 0 Å². The topological polar surface area (TPSA) is 76.2 Å². The molecule has 0 aliphatic carbocycles. The number of hydrogen-bond acceptors (Lipinski definition) is 5. The number of aromatic nitrogens is 9. The largest absolute Gasteiger partial charge is 0.309 e. The van der Waals surface area contributed by atoms with E-state index >= 15 is 0 Å². The summed E-state index contributed by atoms with van der Waals surface area (Å²) in [4.78, 5) is 19.0. The standard InChI is InChI=1S/C39H25N3.C39H24N2S.C38H24N4/c1-3-11-28(12-4-1)41-36-18-10-8-15-30(36)31-21-19-27(24-38(31)41)26-20-22-37-33(23-26)34-25-40-35-17-9-7-16-32(35)39(34)42(37)29-13-5-2-6-14-29;1-2-11-29(12-3-1)41-35-19-17-27(23-33(35)39-31-14-4-6-15-34(31)40-24-36(39)41)25-9-8-10-26(21-25)28-18-20-38-32(22-28)30-13-5-7-16-37(30)42-38;1-3-9-27(10-4-1)41-36-22-26(15-17-29(36)30-19-20-39-24-37(30)41)25-16-18-35-32(21-25)33-23-40-34-14-8-7-13-31(34)38(33)42(35)28-11-5-2-6-12-28/h1-25H;2*1-24H. The van der Waals surface area contributed by atoms with Gasteiger partial charge in [0.15, 0.2) is 0 Å². The van der Waals surface area contributed by atoms with E-state index in [1.807, 2.05) is 42.3 Å². The number of pyridine rings is 4. The van der Waals surface area contributed by atoms with Gasteiger partial charge in [0.05, 0.1) is 84.1 Å². The third-order valence-electron chi connectivity index (χ3n) is 25.4. The van der Waals surface area contributed by atoms with Crippen molar-refractivity contribution in [1.82, 2.24) is 42.8 Å². The first-order chi connectivity index (χ1) is 62.5. The molecular weight excluding hydrogens is 1550 g/mol. The number of hydrogen-bond donors (Lipinski definition) is 0. The Morgan fingerprint density at radius 2 is 0.524 bits per heavy atom. The highest BCUT2D eigenvalue weighted by Crippen LogP contribution is 2.46. The Morgan fingerprint density at radius 1 is 0.175 bits per heavy atom. The summed E-state index contributed by atoms with van der Waals surface area (Å²) in [5.74, 6) is 0. The molecule has 17 aromatic carbocycles. The van der Waals surface area contributed by atoms with Crippen LogP contribution in [0.4, 0.5) is 0 Å². The molecule has 0 aliphatic heterocycles. The SMILES string of the molecule is c1ccc(-n2c3ccc(-c4cccc(-c5ccc6sc7ccccc7c6c5)c4)cc3c3c4ccccc4ncc32)cc1.c1ccc(-n2c3ccccc3c3ccc(-c4ccc5c(c4)c4cnc6ccccc6c4n5-c4ccccc4)cc32)cc1.c1ccc(-n2c3cnccc3c3ccc(-c4ccc5c(c4)c4cnc6ccccc6c4n5-c4ccccc4)cc32)cc1. The minimum absolute atomic E-state index is 0.999. The summed E-state index contributed by atoms with van der Waals surface area (Å²) in [6.07, 6.45) is 9.94. The molecule has 9 nitrogen and oxygen atoms in total. The number of thiophene rings is 1. The third kappa shape index (κ3) is 11.8. The highest BCUT2D eigenvalue weighted by atomic mass is 32.1. The summed E-state index contributed by atoms with van der Waals surface area (Å²) in [6.45, 7) is 0. The summed E-state index contributed by atoms with van der Waals surface area (Å²) in [7, 11) is 0. The van der Waals surface area contributed by atoms with E-state index < -0.39 is 0 Å². The van der Waals surface area contributed by atoms with Gasteiger partial charge in [-0.05, 0) is 208 Å². The van der Waals surface area contributed by atoms with Crippen molar-refractivity contribution < 1.29 is 0 Å². The van der Waals surface area contributed by atoms with Gasteiger partial charge in [-0.3, -0.25) is 19.9 Å². The summed E-state index contributed by atoms with van der Waals surface area (Å²) >= 11 is 1.86. The number of para-hydroxylation sites is 9. The molecule has 588 valence electrons. The second-order valence-electron chi connectivity index (χ2n) is 32.4. The van der Waals surface area contributed by atoms with Crippen LogP contribution in [0, 0.1) is 0 Å². The average molecular weight is 1620 g/mol. The fourth-order valence-corrected chi connectivity index (χ4v) is 20.8. The molecule has 0 saturated heterocycles.